The summed E-state index contributed by atoms with van der Waals surface area (Å²) in [4.78, 5) is 27.8. The molecule has 1 aliphatic heterocycles. The van der Waals surface area contributed by atoms with E-state index < -0.39 is 0 Å². The number of nitrogens with zero attached hydrogens (tertiary/aromatic N) is 1. The van der Waals surface area contributed by atoms with Crippen LogP contribution in [-0.2, 0) is 9.59 Å². The third-order valence-electron chi connectivity index (χ3n) is 5.95. The Morgan fingerprint density at radius 1 is 0.947 bits per heavy atom. The topological polar surface area (TPSA) is 67.9 Å². The Morgan fingerprint density at radius 3 is 2.29 bits per heavy atom. The van der Waals surface area contributed by atoms with Crippen LogP contribution in [0.5, 0.6) is 11.5 Å². The Balaban J connectivity index is 1.48. The summed E-state index contributed by atoms with van der Waals surface area (Å²) < 4.78 is 12.1. The first-order valence-electron chi connectivity index (χ1n) is 12.3. The molecule has 196 valence electrons. The van der Waals surface area contributed by atoms with Gasteiger partial charge >= 0.3 is 0 Å². The molecule has 0 radical (unpaired) electrons. The number of nitrogens with one attached hydrogen (secondary N) is 1. The van der Waals surface area contributed by atoms with Crippen LogP contribution >= 0.6 is 24.0 Å². The number of carbonyl (C=O) groups excluding carboxylic acids is 2. The van der Waals surface area contributed by atoms with Gasteiger partial charge in [0.2, 0.25) is 0 Å². The van der Waals surface area contributed by atoms with Gasteiger partial charge in [0.1, 0.15) is 0 Å². The average molecular weight is 547 g/mol. The molecule has 6 nitrogen and oxygen atoms in total. The molecule has 0 saturated carbocycles. The summed E-state index contributed by atoms with van der Waals surface area (Å²) in [5, 5.41) is 2.95. The first kappa shape index (κ1) is 27.4. The van der Waals surface area contributed by atoms with Crippen LogP contribution in [0.1, 0.15) is 34.7 Å². The molecular formula is C30H30N2O4S2. The van der Waals surface area contributed by atoms with Crippen LogP contribution in [0.15, 0.2) is 59.5 Å². The predicted molar refractivity (Wildman–Crippen MR) is 159 cm³/mol. The van der Waals surface area contributed by atoms with Gasteiger partial charge in [0.25, 0.3) is 11.8 Å². The number of ether oxygens (including phenoxy) is 2. The van der Waals surface area contributed by atoms with Crippen LogP contribution in [0.4, 0.5) is 11.4 Å². The second-order valence-corrected chi connectivity index (χ2v) is 10.8. The standard InChI is InChI=1S/C30H30N2O4S2/c1-6-35-25-15-22(16-26-29(34)32(30(37)38-26)23-10-7-18(2)8-11-23)9-12-24(25)36-17-27(33)31-28-20(4)13-19(3)14-21(28)5/h7-16H,6,17H2,1-5H3,(H,31,33)/b26-16-. The monoisotopic (exact) mass is 546 g/mol. The SMILES string of the molecule is CCOc1cc(/C=C2\SC(=S)N(c3ccc(C)cc3)C2=O)ccc1OCC(=O)Nc1c(C)cc(C)cc1C. The number of amides is 2. The molecule has 8 heteroatoms. The van der Waals surface area contributed by atoms with Gasteiger partial charge in [-0.25, -0.2) is 0 Å². The van der Waals surface area contributed by atoms with Crippen molar-refractivity contribution in [3.8, 4) is 11.5 Å². The van der Waals surface area contributed by atoms with Gasteiger partial charge in [-0.05, 0) is 81.7 Å². The first-order chi connectivity index (χ1) is 18.2. The van der Waals surface area contributed by atoms with Crippen molar-refractivity contribution < 1.29 is 19.1 Å². The van der Waals surface area contributed by atoms with Crippen LogP contribution in [0.25, 0.3) is 6.08 Å². The summed E-state index contributed by atoms with van der Waals surface area (Å²) in [6.45, 7) is 10.1. The fraction of sp³-hybridized carbons (Fsp3) is 0.233. The van der Waals surface area contributed by atoms with Crippen molar-refractivity contribution in [3.63, 3.8) is 0 Å². The quantitative estimate of drug-likeness (QED) is 0.249. The Morgan fingerprint density at radius 2 is 1.63 bits per heavy atom. The number of thiocarbonyl (C=S) groups is 1. The lowest BCUT2D eigenvalue weighted by Crippen LogP contribution is -2.27. The predicted octanol–water partition coefficient (Wildman–Crippen LogP) is 6.74. The van der Waals surface area contributed by atoms with Gasteiger partial charge in [-0.1, -0.05) is 65.4 Å². The highest BCUT2D eigenvalue weighted by Crippen LogP contribution is 2.37. The van der Waals surface area contributed by atoms with Crippen molar-refractivity contribution in [1.29, 1.82) is 0 Å². The summed E-state index contributed by atoms with van der Waals surface area (Å²) in [5.41, 5.74) is 6.57. The molecule has 1 aliphatic rings. The number of benzene rings is 3. The smallest absolute Gasteiger partial charge is 0.270 e. The number of hydrogen-bond donors (Lipinski definition) is 1. The molecule has 38 heavy (non-hydrogen) atoms. The van der Waals surface area contributed by atoms with E-state index >= 15 is 0 Å². The molecule has 0 bridgehead atoms. The van der Waals surface area contributed by atoms with Gasteiger partial charge in [0, 0.05) is 5.69 Å². The molecule has 0 unspecified atom stereocenters. The molecule has 1 heterocycles. The molecule has 2 amide bonds. The average Bonchev–Trinajstić information content (AvgIpc) is 3.14. The summed E-state index contributed by atoms with van der Waals surface area (Å²) in [6, 6.07) is 17.1. The van der Waals surface area contributed by atoms with Gasteiger partial charge in [-0.15, -0.1) is 0 Å². The number of anilines is 2. The van der Waals surface area contributed by atoms with Gasteiger partial charge in [0.05, 0.1) is 17.2 Å². The lowest BCUT2D eigenvalue weighted by atomic mass is 10.1. The maximum Gasteiger partial charge on any atom is 0.270 e. The molecule has 3 aromatic rings. The van der Waals surface area contributed by atoms with Crippen LogP contribution in [-0.4, -0.2) is 29.3 Å². The second kappa shape index (κ2) is 11.8. The summed E-state index contributed by atoms with van der Waals surface area (Å²) >= 11 is 6.75. The summed E-state index contributed by atoms with van der Waals surface area (Å²) in [6.07, 6.45) is 1.79. The maximum atomic E-state index is 13.1. The van der Waals surface area contributed by atoms with E-state index in [0.717, 1.165) is 39.2 Å². The first-order valence-corrected chi connectivity index (χ1v) is 13.5. The Hall–Kier alpha value is -3.62. The minimum Gasteiger partial charge on any atom is -0.490 e. The van der Waals surface area contributed by atoms with E-state index in [0.29, 0.717) is 27.3 Å². The number of hydrogen-bond acceptors (Lipinski definition) is 6. The Kier molecular flexibility index (Phi) is 8.54. The molecule has 0 aliphatic carbocycles. The normalized spacial score (nSPS) is 14.2. The number of thioether (sulfide) groups is 1. The summed E-state index contributed by atoms with van der Waals surface area (Å²) in [5.74, 6) is 0.515. The van der Waals surface area contributed by atoms with E-state index in [9.17, 15) is 9.59 Å². The third-order valence-corrected chi connectivity index (χ3v) is 7.25. The molecule has 0 spiro atoms. The van der Waals surface area contributed by atoms with E-state index in [2.05, 4.69) is 5.32 Å². The fourth-order valence-electron chi connectivity index (χ4n) is 4.23. The van der Waals surface area contributed by atoms with Crippen LogP contribution in [0.3, 0.4) is 0 Å². The van der Waals surface area contributed by atoms with E-state index in [1.165, 1.54) is 11.8 Å². The molecular weight excluding hydrogens is 516 g/mol. The highest BCUT2D eigenvalue weighted by molar-refractivity contribution is 8.27. The second-order valence-electron chi connectivity index (χ2n) is 9.10. The fourth-order valence-corrected chi connectivity index (χ4v) is 5.53. The van der Waals surface area contributed by atoms with Crippen molar-refractivity contribution in [2.75, 3.05) is 23.4 Å². The Bertz CT molecular complexity index is 1410. The van der Waals surface area contributed by atoms with E-state index in [4.69, 9.17) is 21.7 Å². The molecule has 4 rings (SSSR count). The zero-order valence-electron chi connectivity index (χ0n) is 22.1. The largest absolute Gasteiger partial charge is 0.490 e. The number of rotatable bonds is 8. The lowest BCUT2D eigenvalue weighted by Gasteiger charge is -2.15. The zero-order valence-corrected chi connectivity index (χ0v) is 23.7. The maximum absolute atomic E-state index is 13.1. The molecule has 0 atom stereocenters. The van der Waals surface area contributed by atoms with Crippen molar-refractivity contribution in [1.82, 2.24) is 0 Å². The summed E-state index contributed by atoms with van der Waals surface area (Å²) in [7, 11) is 0. The zero-order chi connectivity index (χ0) is 27.4. The van der Waals surface area contributed by atoms with Crippen molar-refractivity contribution >= 4 is 57.6 Å². The minimum absolute atomic E-state index is 0.165. The van der Waals surface area contributed by atoms with Crippen LogP contribution < -0.4 is 19.7 Å². The van der Waals surface area contributed by atoms with Crippen LogP contribution in [0, 0.1) is 27.7 Å². The van der Waals surface area contributed by atoms with Crippen molar-refractivity contribution in [2.45, 2.75) is 34.6 Å². The number of aryl methyl sites for hydroxylation is 4. The van der Waals surface area contributed by atoms with Crippen molar-refractivity contribution in [2.24, 2.45) is 0 Å². The Labute approximate surface area is 233 Å². The van der Waals surface area contributed by atoms with E-state index in [-0.39, 0.29) is 18.4 Å². The van der Waals surface area contributed by atoms with Crippen molar-refractivity contribution in [3.05, 3.63) is 87.3 Å². The van der Waals surface area contributed by atoms with Crippen LogP contribution in [0.2, 0.25) is 0 Å². The van der Waals surface area contributed by atoms with E-state index in [1.807, 2.05) is 77.1 Å². The molecule has 3 aromatic carbocycles. The molecule has 1 N–H and O–H groups in total. The molecule has 1 fully saturated rings. The number of carbonyl (C=O) groups is 2. The van der Waals surface area contributed by atoms with Gasteiger partial charge < -0.3 is 14.8 Å². The molecule has 1 saturated heterocycles. The van der Waals surface area contributed by atoms with Gasteiger partial charge in [-0.3, -0.25) is 14.5 Å². The van der Waals surface area contributed by atoms with Gasteiger partial charge in [-0.2, -0.15) is 0 Å². The highest BCUT2D eigenvalue weighted by atomic mass is 32.2. The molecule has 0 aromatic heterocycles. The third kappa shape index (κ3) is 6.26. The lowest BCUT2D eigenvalue weighted by molar-refractivity contribution is -0.118. The van der Waals surface area contributed by atoms with Gasteiger partial charge in [0.15, 0.2) is 22.4 Å². The highest BCUT2D eigenvalue weighted by Gasteiger charge is 2.33. The minimum atomic E-state index is -0.258. The van der Waals surface area contributed by atoms with E-state index in [1.54, 1.807) is 23.1 Å².